The van der Waals surface area contributed by atoms with E-state index in [2.05, 4.69) is 10.2 Å². The molecule has 1 unspecified atom stereocenters. The van der Waals surface area contributed by atoms with Crippen molar-refractivity contribution in [3.63, 3.8) is 0 Å². The van der Waals surface area contributed by atoms with E-state index in [0.717, 1.165) is 13.0 Å². The summed E-state index contributed by atoms with van der Waals surface area (Å²) in [6.07, 6.45) is 2.50. The van der Waals surface area contributed by atoms with Gasteiger partial charge in [0.25, 0.3) is 0 Å². The van der Waals surface area contributed by atoms with Gasteiger partial charge < -0.3 is 10.4 Å². The number of aliphatic carboxylic acids is 1. The average Bonchev–Trinajstić information content (AvgIpc) is 2.68. The van der Waals surface area contributed by atoms with E-state index in [1.807, 2.05) is 6.92 Å². The lowest BCUT2D eigenvalue weighted by Crippen LogP contribution is -2.39. The molecule has 1 aliphatic heterocycles. The van der Waals surface area contributed by atoms with Crippen LogP contribution in [0.15, 0.2) is 11.6 Å². The van der Waals surface area contributed by atoms with Crippen LogP contribution in [0.4, 0.5) is 0 Å². The number of carboxylic acid groups (broad SMARTS) is 1. The first-order chi connectivity index (χ1) is 7.89. The Morgan fingerprint density at radius 1 is 1.53 bits per heavy atom. The Morgan fingerprint density at radius 2 is 2.18 bits per heavy atom. The summed E-state index contributed by atoms with van der Waals surface area (Å²) in [6, 6.07) is 0. The van der Waals surface area contributed by atoms with Crippen LogP contribution in [-0.4, -0.2) is 48.6 Å². The summed E-state index contributed by atoms with van der Waals surface area (Å²) >= 11 is 0. The van der Waals surface area contributed by atoms with Crippen molar-refractivity contribution in [1.82, 2.24) is 10.2 Å². The second-order valence-corrected chi connectivity index (χ2v) is 4.82. The van der Waals surface area contributed by atoms with Crippen molar-refractivity contribution < 1.29 is 14.7 Å². The highest BCUT2D eigenvalue weighted by atomic mass is 16.4. The van der Waals surface area contributed by atoms with E-state index in [4.69, 9.17) is 5.11 Å². The topological polar surface area (TPSA) is 69.6 Å². The Labute approximate surface area is 101 Å². The third kappa shape index (κ3) is 3.30. The van der Waals surface area contributed by atoms with Crippen LogP contribution in [0.5, 0.6) is 0 Å². The third-order valence-corrected chi connectivity index (χ3v) is 3.32. The molecule has 1 fully saturated rings. The largest absolute Gasteiger partial charge is 0.478 e. The number of hydrogen-bond donors (Lipinski definition) is 2. The van der Waals surface area contributed by atoms with E-state index in [1.165, 1.54) is 0 Å². The summed E-state index contributed by atoms with van der Waals surface area (Å²) in [5, 5.41) is 11.4. The van der Waals surface area contributed by atoms with Crippen LogP contribution in [0.2, 0.25) is 0 Å². The molecular weight excluding hydrogens is 220 g/mol. The predicted molar refractivity (Wildman–Crippen MR) is 64.6 cm³/mol. The molecule has 0 spiro atoms. The van der Waals surface area contributed by atoms with E-state index in [-0.39, 0.29) is 11.3 Å². The van der Waals surface area contributed by atoms with Gasteiger partial charge >= 0.3 is 5.97 Å². The van der Waals surface area contributed by atoms with Crippen LogP contribution in [0.1, 0.15) is 20.3 Å². The van der Waals surface area contributed by atoms with Gasteiger partial charge in [-0.15, -0.1) is 0 Å². The summed E-state index contributed by atoms with van der Waals surface area (Å²) in [6.45, 7) is 5.62. The Balaban J connectivity index is 2.54. The number of amides is 1. The van der Waals surface area contributed by atoms with Crippen LogP contribution in [0.3, 0.4) is 0 Å². The SMILES string of the molecule is CNC(=O)C1(C)CCN(C/C=C(/C)C(=O)O)C1. The molecule has 0 saturated carbocycles. The number of hydrogen-bond acceptors (Lipinski definition) is 3. The second-order valence-electron chi connectivity index (χ2n) is 4.82. The van der Waals surface area contributed by atoms with Gasteiger partial charge in [-0.1, -0.05) is 6.08 Å². The number of nitrogens with zero attached hydrogens (tertiary/aromatic N) is 1. The van der Waals surface area contributed by atoms with Crippen molar-refractivity contribution in [2.45, 2.75) is 20.3 Å². The maximum Gasteiger partial charge on any atom is 0.330 e. The molecule has 1 aliphatic rings. The van der Waals surface area contributed by atoms with Gasteiger partial charge in [-0.3, -0.25) is 9.69 Å². The molecule has 0 aromatic rings. The molecule has 1 amide bonds. The molecule has 0 radical (unpaired) electrons. The first kappa shape index (κ1) is 13.7. The highest BCUT2D eigenvalue weighted by molar-refractivity contribution is 5.85. The quantitative estimate of drug-likeness (QED) is 0.701. The maximum absolute atomic E-state index is 11.7. The first-order valence-electron chi connectivity index (χ1n) is 5.73. The van der Waals surface area contributed by atoms with Crippen LogP contribution < -0.4 is 5.32 Å². The van der Waals surface area contributed by atoms with Gasteiger partial charge in [-0.05, 0) is 26.8 Å². The number of likely N-dealkylation sites (tertiary alicyclic amines) is 1. The Morgan fingerprint density at radius 3 is 2.71 bits per heavy atom. The average molecular weight is 240 g/mol. The molecule has 1 atom stereocenters. The molecule has 1 rings (SSSR count). The molecule has 17 heavy (non-hydrogen) atoms. The predicted octanol–water partition coefficient (Wildman–Crippen LogP) is 0.475. The summed E-state index contributed by atoms with van der Waals surface area (Å²) in [5.74, 6) is -0.836. The van der Waals surface area contributed by atoms with Crippen LogP contribution in [0, 0.1) is 5.41 Å². The van der Waals surface area contributed by atoms with E-state index >= 15 is 0 Å². The van der Waals surface area contributed by atoms with Crippen molar-refractivity contribution in [3.05, 3.63) is 11.6 Å². The molecule has 1 saturated heterocycles. The van der Waals surface area contributed by atoms with E-state index in [1.54, 1.807) is 20.0 Å². The van der Waals surface area contributed by atoms with Crippen molar-refractivity contribution in [2.24, 2.45) is 5.41 Å². The Kier molecular flexibility index (Phi) is 4.28. The van der Waals surface area contributed by atoms with Crippen LogP contribution in [-0.2, 0) is 9.59 Å². The standard InChI is InChI=1S/C12H20N2O3/c1-9(10(15)16)4-6-14-7-5-12(2,8-14)11(17)13-3/h4H,5-8H2,1-3H3,(H,13,17)(H,15,16)/b9-4-. The molecule has 5 heteroatoms. The van der Waals surface area contributed by atoms with Gasteiger partial charge in [0.1, 0.15) is 0 Å². The zero-order chi connectivity index (χ0) is 13.1. The van der Waals surface area contributed by atoms with Crippen molar-refractivity contribution in [1.29, 1.82) is 0 Å². The molecule has 0 bridgehead atoms. The summed E-state index contributed by atoms with van der Waals surface area (Å²) in [4.78, 5) is 24.4. The molecule has 0 aromatic carbocycles. The first-order valence-corrected chi connectivity index (χ1v) is 5.73. The molecule has 0 aliphatic carbocycles. The zero-order valence-corrected chi connectivity index (χ0v) is 10.6. The number of carbonyl (C=O) groups is 2. The van der Waals surface area contributed by atoms with Gasteiger partial charge in [-0.2, -0.15) is 0 Å². The smallest absolute Gasteiger partial charge is 0.330 e. The fourth-order valence-corrected chi connectivity index (χ4v) is 2.05. The normalized spacial score (nSPS) is 25.9. The van der Waals surface area contributed by atoms with Crippen molar-refractivity contribution in [3.8, 4) is 0 Å². The minimum absolute atomic E-state index is 0.0546. The number of nitrogens with one attached hydrogen (secondary N) is 1. The van der Waals surface area contributed by atoms with E-state index in [9.17, 15) is 9.59 Å². The molecule has 2 N–H and O–H groups in total. The number of carbonyl (C=O) groups excluding carboxylic acids is 1. The lowest BCUT2D eigenvalue weighted by Gasteiger charge is -2.22. The Bertz CT molecular complexity index is 352. The monoisotopic (exact) mass is 240 g/mol. The van der Waals surface area contributed by atoms with Gasteiger partial charge in [0.2, 0.25) is 5.91 Å². The highest BCUT2D eigenvalue weighted by Crippen LogP contribution is 2.29. The minimum Gasteiger partial charge on any atom is -0.478 e. The zero-order valence-electron chi connectivity index (χ0n) is 10.6. The molecule has 0 aromatic heterocycles. The minimum atomic E-state index is -0.891. The lowest BCUT2D eigenvalue weighted by molar-refractivity contribution is -0.132. The molecule has 96 valence electrons. The van der Waals surface area contributed by atoms with E-state index in [0.29, 0.717) is 18.7 Å². The van der Waals surface area contributed by atoms with Crippen LogP contribution >= 0.6 is 0 Å². The lowest BCUT2D eigenvalue weighted by atomic mass is 9.89. The van der Waals surface area contributed by atoms with Gasteiger partial charge in [0.15, 0.2) is 0 Å². The molecular formula is C12H20N2O3. The third-order valence-electron chi connectivity index (χ3n) is 3.32. The molecule has 5 nitrogen and oxygen atoms in total. The Hall–Kier alpha value is -1.36. The summed E-state index contributed by atoms with van der Waals surface area (Å²) in [7, 11) is 1.64. The summed E-state index contributed by atoms with van der Waals surface area (Å²) < 4.78 is 0. The van der Waals surface area contributed by atoms with Gasteiger partial charge in [0.05, 0.1) is 5.41 Å². The van der Waals surface area contributed by atoms with Gasteiger partial charge in [0, 0.05) is 25.7 Å². The van der Waals surface area contributed by atoms with Gasteiger partial charge in [-0.25, -0.2) is 4.79 Å². The fourth-order valence-electron chi connectivity index (χ4n) is 2.05. The van der Waals surface area contributed by atoms with E-state index < -0.39 is 5.97 Å². The molecule has 1 heterocycles. The van der Waals surface area contributed by atoms with Crippen molar-refractivity contribution >= 4 is 11.9 Å². The number of carboxylic acids is 1. The van der Waals surface area contributed by atoms with Crippen LogP contribution in [0.25, 0.3) is 0 Å². The maximum atomic E-state index is 11.7. The second kappa shape index (κ2) is 5.31. The fraction of sp³-hybridized carbons (Fsp3) is 0.667. The van der Waals surface area contributed by atoms with Crippen molar-refractivity contribution in [2.75, 3.05) is 26.7 Å². The summed E-state index contributed by atoms with van der Waals surface area (Å²) in [5.41, 5.74) is -0.00163. The highest BCUT2D eigenvalue weighted by Gasteiger charge is 2.39. The number of rotatable bonds is 4.